The normalized spacial score (nSPS) is 30.7. The Morgan fingerprint density at radius 3 is 2.14 bits per heavy atom. The van der Waals surface area contributed by atoms with Gasteiger partial charge in [0.15, 0.2) is 11.9 Å². The number of ether oxygens (including phenoxy) is 5. The Bertz CT molecular complexity index is 1220. The number of ketones is 2. The van der Waals surface area contributed by atoms with Gasteiger partial charge in [0.05, 0.1) is 25.0 Å². The van der Waals surface area contributed by atoms with Gasteiger partial charge < -0.3 is 40.5 Å². The zero-order valence-electron chi connectivity index (χ0n) is 25.8. The number of rotatable bonds is 5. The van der Waals surface area contributed by atoms with Crippen molar-refractivity contribution in [3.05, 3.63) is 46.4 Å². The second-order valence-electron chi connectivity index (χ2n) is 10.8. The summed E-state index contributed by atoms with van der Waals surface area (Å²) >= 11 is 0. The fraction of sp³-hybridized carbons (Fsp3) is 0.567. The summed E-state index contributed by atoms with van der Waals surface area (Å²) in [6.07, 6.45) is 0.354. The number of carbonyl (C=O) groups excluding carboxylic acids is 5. The summed E-state index contributed by atoms with van der Waals surface area (Å²) in [6.45, 7) is 6.93. The van der Waals surface area contributed by atoms with Crippen LogP contribution in [-0.4, -0.2) is 75.4 Å². The van der Waals surface area contributed by atoms with Crippen LogP contribution in [0.3, 0.4) is 0 Å². The highest BCUT2D eigenvalue weighted by molar-refractivity contribution is 6.23. The Balaban J connectivity index is 2.64. The van der Waals surface area contributed by atoms with Gasteiger partial charge in [-0.05, 0) is 51.0 Å². The highest BCUT2D eigenvalue weighted by atomic mass is 16.6. The van der Waals surface area contributed by atoms with Crippen molar-refractivity contribution in [1.29, 1.82) is 0 Å². The van der Waals surface area contributed by atoms with Crippen LogP contribution in [0, 0.1) is 11.8 Å². The maximum Gasteiger partial charge on any atom is 0.405 e. The summed E-state index contributed by atoms with van der Waals surface area (Å²) in [5.74, 6) is -2.55. The molecule has 0 radical (unpaired) electrons. The molecule has 238 valence electrons. The summed E-state index contributed by atoms with van der Waals surface area (Å²) in [5.41, 5.74) is 11.6. The second-order valence-corrected chi connectivity index (χ2v) is 10.8. The lowest BCUT2D eigenvalue weighted by atomic mass is 9.85. The molecule has 0 saturated heterocycles. The van der Waals surface area contributed by atoms with Crippen LogP contribution in [0.25, 0.3) is 0 Å². The van der Waals surface area contributed by atoms with E-state index in [1.807, 2.05) is 6.92 Å². The van der Waals surface area contributed by atoms with E-state index >= 15 is 0 Å². The van der Waals surface area contributed by atoms with Crippen LogP contribution in [0.5, 0.6) is 0 Å². The summed E-state index contributed by atoms with van der Waals surface area (Å²) in [6, 6.07) is 0. The Hall–Kier alpha value is -3.97. The van der Waals surface area contributed by atoms with Gasteiger partial charge in [-0.15, -0.1) is 0 Å². The predicted molar refractivity (Wildman–Crippen MR) is 155 cm³/mol. The van der Waals surface area contributed by atoms with Crippen LogP contribution >= 0.6 is 0 Å². The van der Waals surface area contributed by atoms with Crippen LogP contribution in [0.2, 0.25) is 0 Å². The lowest BCUT2D eigenvalue weighted by Gasteiger charge is -2.32. The molecule has 13 nitrogen and oxygen atoms in total. The van der Waals surface area contributed by atoms with E-state index in [1.54, 1.807) is 32.9 Å². The van der Waals surface area contributed by atoms with E-state index in [0.29, 0.717) is 24.0 Å². The minimum absolute atomic E-state index is 0.103. The minimum atomic E-state index is -1.01. The van der Waals surface area contributed by atoms with E-state index in [-0.39, 0.29) is 35.8 Å². The van der Waals surface area contributed by atoms with E-state index < -0.39 is 60.0 Å². The molecular weight excluding hydrogens is 562 g/mol. The van der Waals surface area contributed by atoms with Crippen molar-refractivity contribution >= 4 is 29.7 Å². The SMILES string of the molecule is COC1=C2CC(C)CC(OC)C(OC(N)=O)C(C)/C=C(\C)C(OC(N)=O)C(OC)CC/C=C(\C)C(=O)NC(=CC1=O)C2=O. The smallest absolute Gasteiger partial charge is 0.405 e. The number of hydrogen-bond acceptors (Lipinski definition) is 10. The van der Waals surface area contributed by atoms with Gasteiger partial charge in [-0.25, -0.2) is 9.59 Å². The predicted octanol–water partition coefficient (Wildman–Crippen LogP) is 2.74. The number of amides is 3. The third-order valence-electron chi connectivity index (χ3n) is 7.49. The summed E-state index contributed by atoms with van der Waals surface area (Å²) in [4.78, 5) is 63.0. The van der Waals surface area contributed by atoms with E-state index in [4.69, 9.17) is 35.2 Å². The van der Waals surface area contributed by atoms with E-state index in [0.717, 1.165) is 6.08 Å². The maximum atomic E-state index is 13.4. The second kappa shape index (κ2) is 16.0. The van der Waals surface area contributed by atoms with Crippen molar-refractivity contribution in [2.45, 2.75) is 77.8 Å². The Kier molecular flexibility index (Phi) is 13.1. The highest BCUT2D eigenvalue weighted by Crippen LogP contribution is 2.30. The molecule has 1 heterocycles. The van der Waals surface area contributed by atoms with Crippen molar-refractivity contribution in [3.8, 4) is 0 Å². The number of allylic oxidation sites excluding steroid dienone is 3. The number of methoxy groups -OCH3 is 3. The molecule has 0 fully saturated rings. The average molecular weight is 606 g/mol. The summed E-state index contributed by atoms with van der Waals surface area (Å²) in [5, 5.41) is 2.54. The number of Topliss-reactive ketones (excluding diaryl/α,β-unsaturated/α-hetero) is 1. The van der Waals surface area contributed by atoms with Gasteiger partial charge in [0.25, 0.3) is 5.91 Å². The van der Waals surface area contributed by atoms with Crippen LogP contribution in [-0.2, 0) is 38.1 Å². The molecule has 43 heavy (non-hydrogen) atoms. The number of fused-ring (bicyclic) bond motifs is 2. The number of primary amides is 2. The zero-order valence-corrected chi connectivity index (χ0v) is 25.8. The summed E-state index contributed by atoms with van der Waals surface area (Å²) < 4.78 is 27.6. The first kappa shape index (κ1) is 35.2. The van der Waals surface area contributed by atoms with Gasteiger partial charge in [0, 0.05) is 37.4 Å². The molecule has 0 spiro atoms. The molecule has 0 saturated carbocycles. The molecule has 6 unspecified atom stereocenters. The van der Waals surface area contributed by atoms with Crippen LogP contribution in [0.1, 0.15) is 53.4 Å². The fourth-order valence-electron chi connectivity index (χ4n) is 5.39. The molecule has 2 bridgehead atoms. The Labute approximate surface area is 251 Å². The molecule has 2 aliphatic rings. The van der Waals surface area contributed by atoms with Crippen LogP contribution in [0.4, 0.5) is 9.59 Å². The van der Waals surface area contributed by atoms with Gasteiger partial charge in [-0.3, -0.25) is 14.4 Å². The quantitative estimate of drug-likeness (QED) is 0.310. The largest absolute Gasteiger partial charge is 0.492 e. The number of hydrogen-bond donors (Lipinski definition) is 3. The van der Waals surface area contributed by atoms with Gasteiger partial charge >= 0.3 is 12.2 Å². The van der Waals surface area contributed by atoms with Gasteiger partial charge in [-0.1, -0.05) is 26.0 Å². The van der Waals surface area contributed by atoms with Crippen LogP contribution in [0.15, 0.2) is 46.4 Å². The molecule has 0 aromatic heterocycles. The maximum absolute atomic E-state index is 13.4. The minimum Gasteiger partial charge on any atom is -0.492 e. The number of nitrogens with one attached hydrogen (secondary N) is 1. The molecular formula is C30H43N3O10. The number of carbonyl (C=O) groups is 5. The van der Waals surface area contributed by atoms with Crippen molar-refractivity contribution in [1.82, 2.24) is 5.32 Å². The highest BCUT2D eigenvalue weighted by Gasteiger charge is 2.36. The van der Waals surface area contributed by atoms with Crippen molar-refractivity contribution in [2.24, 2.45) is 23.3 Å². The zero-order chi connectivity index (χ0) is 32.4. The molecule has 6 atom stereocenters. The molecule has 0 aromatic carbocycles. The summed E-state index contributed by atoms with van der Waals surface area (Å²) in [7, 11) is 4.20. The Morgan fingerprint density at radius 1 is 0.953 bits per heavy atom. The lowest BCUT2D eigenvalue weighted by molar-refractivity contribution is -0.120. The fourth-order valence-corrected chi connectivity index (χ4v) is 5.39. The van der Waals surface area contributed by atoms with Crippen molar-refractivity contribution in [2.75, 3.05) is 21.3 Å². The molecule has 1 aliphatic carbocycles. The van der Waals surface area contributed by atoms with E-state index in [2.05, 4.69) is 5.32 Å². The topological polar surface area (TPSA) is 196 Å². The van der Waals surface area contributed by atoms with Crippen LogP contribution < -0.4 is 16.8 Å². The monoisotopic (exact) mass is 605 g/mol. The van der Waals surface area contributed by atoms with Gasteiger partial charge in [0.1, 0.15) is 6.10 Å². The Morgan fingerprint density at radius 2 is 1.58 bits per heavy atom. The van der Waals surface area contributed by atoms with Gasteiger partial charge in [-0.2, -0.15) is 0 Å². The van der Waals surface area contributed by atoms with E-state index in [1.165, 1.54) is 21.3 Å². The lowest BCUT2D eigenvalue weighted by Crippen LogP contribution is -2.41. The first-order chi connectivity index (χ1) is 20.2. The third kappa shape index (κ3) is 9.52. The van der Waals surface area contributed by atoms with Crippen molar-refractivity contribution < 1.29 is 47.7 Å². The van der Waals surface area contributed by atoms with Crippen molar-refractivity contribution in [3.63, 3.8) is 0 Å². The molecule has 0 aromatic rings. The molecule has 13 heteroatoms. The number of nitrogens with two attached hydrogens (primary N) is 2. The molecule has 3 amide bonds. The average Bonchev–Trinajstić information content (AvgIpc) is 2.93. The first-order valence-corrected chi connectivity index (χ1v) is 14.0. The standard InChI is InChI=1S/C30H43N3O10/c1-15-11-19-24(35)20(14-21(34)27(19)41-7)33-28(36)16(2)9-8-10-22(39-5)25(42-29(31)37)17(3)13-18(4)26(43-30(32)38)23(12-15)40-6/h9,13-15,18,22-23,25-26H,8,10-12H2,1-7H3,(H2,31,37)(H2,32,38)(H,33,36)/b16-9+,17-13+. The first-order valence-electron chi connectivity index (χ1n) is 14.0. The molecule has 1 aliphatic heterocycles. The molecule has 2 rings (SSSR count). The third-order valence-corrected chi connectivity index (χ3v) is 7.49. The molecule has 5 N–H and O–H groups in total. The van der Waals surface area contributed by atoms with Gasteiger partial charge in [0.2, 0.25) is 11.6 Å². The van der Waals surface area contributed by atoms with E-state index in [9.17, 15) is 24.0 Å².